The number of benzene rings is 1. The third-order valence-corrected chi connectivity index (χ3v) is 3.81. The minimum Gasteiger partial charge on any atom is -0.354 e. The lowest BCUT2D eigenvalue weighted by Crippen LogP contribution is -2.49. The van der Waals surface area contributed by atoms with E-state index < -0.39 is 0 Å². The maximum absolute atomic E-state index is 12.6. The molecule has 1 saturated heterocycles. The van der Waals surface area contributed by atoms with E-state index in [0.29, 0.717) is 25.1 Å². The Morgan fingerprint density at radius 3 is 2.71 bits per heavy atom. The number of amides is 2. The summed E-state index contributed by atoms with van der Waals surface area (Å²) in [6.45, 7) is 1.62. The number of nitrogens with two attached hydrogens (primary N) is 1. The van der Waals surface area contributed by atoms with E-state index in [1.165, 1.54) is 0 Å². The second-order valence-electron chi connectivity index (χ2n) is 5.36. The van der Waals surface area contributed by atoms with Crippen LogP contribution >= 0.6 is 0 Å². The normalized spacial score (nSPS) is 18.3. The second kappa shape index (κ2) is 7.78. The van der Waals surface area contributed by atoms with Crippen LogP contribution in [0.3, 0.4) is 0 Å². The Morgan fingerprint density at radius 2 is 2.00 bits per heavy atom. The van der Waals surface area contributed by atoms with Crippen molar-refractivity contribution in [1.29, 1.82) is 0 Å². The SMILES string of the molecule is NCCC(=O)NCC1CCCCN1C(=O)c1ccccc1. The van der Waals surface area contributed by atoms with Gasteiger partial charge in [0.15, 0.2) is 0 Å². The molecule has 1 atom stereocenters. The number of piperidine rings is 1. The van der Waals surface area contributed by atoms with Gasteiger partial charge in [0.05, 0.1) is 0 Å². The van der Waals surface area contributed by atoms with Crippen molar-refractivity contribution in [3.05, 3.63) is 35.9 Å². The Bertz CT molecular complexity index is 476. The van der Waals surface area contributed by atoms with Crippen LogP contribution in [-0.4, -0.2) is 42.4 Å². The van der Waals surface area contributed by atoms with Gasteiger partial charge in [0.2, 0.25) is 5.91 Å². The van der Waals surface area contributed by atoms with Crippen molar-refractivity contribution in [3.63, 3.8) is 0 Å². The van der Waals surface area contributed by atoms with Gasteiger partial charge < -0.3 is 16.0 Å². The van der Waals surface area contributed by atoms with E-state index in [2.05, 4.69) is 5.32 Å². The highest BCUT2D eigenvalue weighted by Gasteiger charge is 2.27. The molecule has 0 aromatic heterocycles. The molecule has 1 fully saturated rings. The fourth-order valence-electron chi connectivity index (χ4n) is 2.68. The van der Waals surface area contributed by atoms with Crippen molar-refractivity contribution < 1.29 is 9.59 Å². The van der Waals surface area contributed by atoms with Gasteiger partial charge in [-0.25, -0.2) is 0 Å². The highest BCUT2D eigenvalue weighted by Crippen LogP contribution is 2.19. The quantitative estimate of drug-likeness (QED) is 0.853. The van der Waals surface area contributed by atoms with Crippen molar-refractivity contribution in [3.8, 4) is 0 Å². The summed E-state index contributed by atoms with van der Waals surface area (Å²) in [6.07, 6.45) is 3.38. The summed E-state index contributed by atoms with van der Waals surface area (Å²) in [5.41, 5.74) is 6.07. The topological polar surface area (TPSA) is 75.4 Å². The van der Waals surface area contributed by atoms with Crippen LogP contribution in [0.2, 0.25) is 0 Å². The first kappa shape index (κ1) is 15.5. The minimum atomic E-state index is -0.0461. The second-order valence-corrected chi connectivity index (χ2v) is 5.36. The van der Waals surface area contributed by atoms with E-state index in [9.17, 15) is 9.59 Å². The smallest absolute Gasteiger partial charge is 0.254 e. The molecular weight excluding hydrogens is 266 g/mol. The van der Waals surface area contributed by atoms with E-state index in [-0.39, 0.29) is 17.9 Å². The molecule has 0 radical (unpaired) electrons. The van der Waals surface area contributed by atoms with Crippen LogP contribution in [0.5, 0.6) is 0 Å². The Kier molecular flexibility index (Phi) is 5.75. The van der Waals surface area contributed by atoms with Gasteiger partial charge in [0, 0.05) is 37.7 Å². The van der Waals surface area contributed by atoms with Gasteiger partial charge in [-0.3, -0.25) is 9.59 Å². The zero-order valence-corrected chi connectivity index (χ0v) is 12.3. The predicted molar refractivity (Wildman–Crippen MR) is 81.8 cm³/mol. The van der Waals surface area contributed by atoms with E-state index in [1.54, 1.807) is 0 Å². The number of nitrogens with one attached hydrogen (secondary N) is 1. The molecule has 1 aromatic rings. The Morgan fingerprint density at radius 1 is 1.24 bits per heavy atom. The molecule has 3 N–H and O–H groups in total. The van der Waals surface area contributed by atoms with Crippen LogP contribution in [0.1, 0.15) is 36.0 Å². The van der Waals surface area contributed by atoms with Crippen molar-refractivity contribution in [1.82, 2.24) is 10.2 Å². The molecule has 0 aliphatic carbocycles. The average Bonchev–Trinajstić information content (AvgIpc) is 2.54. The molecule has 1 heterocycles. The lowest BCUT2D eigenvalue weighted by atomic mass is 10.0. The molecule has 5 heteroatoms. The monoisotopic (exact) mass is 289 g/mol. The van der Waals surface area contributed by atoms with Gasteiger partial charge in [-0.1, -0.05) is 18.2 Å². The molecule has 1 unspecified atom stereocenters. The van der Waals surface area contributed by atoms with Gasteiger partial charge in [-0.15, -0.1) is 0 Å². The summed E-state index contributed by atoms with van der Waals surface area (Å²) >= 11 is 0. The lowest BCUT2D eigenvalue weighted by Gasteiger charge is -2.36. The molecule has 1 aliphatic rings. The number of rotatable bonds is 5. The molecular formula is C16H23N3O2. The van der Waals surface area contributed by atoms with Crippen LogP contribution in [0.4, 0.5) is 0 Å². The molecule has 1 aliphatic heterocycles. The predicted octanol–water partition coefficient (Wildman–Crippen LogP) is 1.15. The molecule has 114 valence electrons. The molecule has 0 spiro atoms. The summed E-state index contributed by atoms with van der Waals surface area (Å²) < 4.78 is 0. The van der Waals surface area contributed by atoms with Gasteiger partial charge in [-0.2, -0.15) is 0 Å². The maximum atomic E-state index is 12.6. The van der Waals surface area contributed by atoms with Gasteiger partial charge in [-0.05, 0) is 31.4 Å². The highest BCUT2D eigenvalue weighted by atomic mass is 16.2. The number of hydrogen-bond donors (Lipinski definition) is 2. The zero-order valence-electron chi connectivity index (χ0n) is 12.3. The highest BCUT2D eigenvalue weighted by molar-refractivity contribution is 5.94. The Balaban J connectivity index is 1.98. The Labute approximate surface area is 125 Å². The van der Waals surface area contributed by atoms with Gasteiger partial charge >= 0.3 is 0 Å². The molecule has 2 rings (SSSR count). The van der Waals surface area contributed by atoms with Crippen LogP contribution in [0, 0.1) is 0 Å². The van der Waals surface area contributed by atoms with Crippen LogP contribution < -0.4 is 11.1 Å². The average molecular weight is 289 g/mol. The largest absolute Gasteiger partial charge is 0.354 e. The number of hydrogen-bond acceptors (Lipinski definition) is 3. The summed E-state index contributed by atoms with van der Waals surface area (Å²) in [5, 5.41) is 2.88. The standard InChI is InChI=1S/C16H23N3O2/c17-10-9-15(20)18-12-14-8-4-5-11-19(14)16(21)13-6-2-1-3-7-13/h1-3,6-7,14H,4-5,8-12,17H2,(H,18,20). The fourth-order valence-corrected chi connectivity index (χ4v) is 2.68. The molecule has 0 bridgehead atoms. The first-order valence-electron chi connectivity index (χ1n) is 7.55. The van der Waals surface area contributed by atoms with Crippen molar-refractivity contribution >= 4 is 11.8 Å². The van der Waals surface area contributed by atoms with E-state index >= 15 is 0 Å². The number of likely N-dealkylation sites (tertiary alicyclic amines) is 1. The molecule has 2 amide bonds. The number of carbonyl (C=O) groups excluding carboxylic acids is 2. The van der Waals surface area contributed by atoms with Crippen molar-refractivity contribution in [2.75, 3.05) is 19.6 Å². The summed E-state index contributed by atoms with van der Waals surface area (Å²) in [5.74, 6) is 0.00329. The lowest BCUT2D eigenvalue weighted by molar-refractivity contribution is -0.121. The van der Waals surface area contributed by atoms with Crippen LogP contribution in [0.15, 0.2) is 30.3 Å². The third-order valence-electron chi connectivity index (χ3n) is 3.81. The Hall–Kier alpha value is -1.88. The van der Waals surface area contributed by atoms with Gasteiger partial charge in [0.1, 0.15) is 0 Å². The molecule has 21 heavy (non-hydrogen) atoms. The summed E-state index contributed by atoms with van der Waals surface area (Å²) in [4.78, 5) is 26.0. The first-order valence-corrected chi connectivity index (χ1v) is 7.55. The van der Waals surface area contributed by atoms with E-state index in [1.807, 2.05) is 35.2 Å². The van der Waals surface area contributed by atoms with Crippen molar-refractivity contribution in [2.24, 2.45) is 5.73 Å². The summed E-state index contributed by atoms with van der Waals surface area (Å²) in [6, 6.07) is 9.39. The summed E-state index contributed by atoms with van der Waals surface area (Å²) in [7, 11) is 0. The van der Waals surface area contributed by atoms with Crippen LogP contribution in [-0.2, 0) is 4.79 Å². The van der Waals surface area contributed by atoms with Crippen molar-refractivity contribution in [2.45, 2.75) is 31.7 Å². The van der Waals surface area contributed by atoms with E-state index in [0.717, 1.165) is 25.8 Å². The third kappa shape index (κ3) is 4.29. The van der Waals surface area contributed by atoms with Crippen LogP contribution in [0.25, 0.3) is 0 Å². The van der Waals surface area contributed by atoms with E-state index in [4.69, 9.17) is 5.73 Å². The number of nitrogens with zero attached hydrogens (tertiary/aromatic N) is 1. The number of carbonyl (C=O) groups is 2. The molecule has 0 saturated carbocycles. The van der Waals surface area contributed by atoms with Gasteiger partial charge in [0.25, 0.3) is 5.91 Å². The molecule has 5 nitrogen and oxygen atoms in total. The minimum absolute atomic E-state index is 0.0461. The zero-order chi connectivity index (χ0) is 15.1. The fraction of sp³-hybridized carbons (Fsp3) is 0.500. The maximum Gasteiger partial charge on any atom is 0.254 e. The first-order chi connectivity index (χ1) is 10.2. The molecule has 1 aromatic carbocycles.